The van der Waals surface area contributed by atoms with Crippen LogP contribution in [0.3, 0.4) is 0 Å². The van der Waals surface area contributed by atoms with E-state index >= 15 is 0 Å². The van der Waals surface area contributed by atoms with Crippen LogP contribution >= 0.6 is 0 Å². The largest absolute Gasteiger partial charge is 0.380 e. The Morgan fingerprint density at radius 3 is 1.97 bits per heavy atom. The maximum absolute atomic E-state index is 12.5. The Balaban J connectivity index is 1.22. The molecule has 0 aromatic heterocycles. The smallest absolute Gasteiger partial charge is 0.162 e. The van der Waals surface area contributed by atoms with E-state index in [1.165, 1.54) is 5.56 Å². The first-order valence-electron chi connectivity index (χ1n) is 13.8. The minimum Gasteiger partial charge on any atom is -0.380 e. The molecule has 0 unspecified atom stereocenters. The molecule has 1 fully saturated rings. The molecule has 0 atom stereocenters. The number of likely N-dealkylation sites (tertiary alicyclic amines) is 1. The quantitative estimate of drug-likeness (QED) is 0.222. The Morgan fingerprint density at radius 2 is 1.42 bits per heavy atom. The van der Waals surface area contributed by atoms with Crippen molar-refractivity contribution in [3.63, 3.8) is 0 Å². The van der Waals surface area contributed by atoms with Gasteiger partial charge in [0, 0.05) is 12.0 Å². The van der Waals surface area contributed by atoms with E-state index in [1.807, 2.05) is 48.5 Å². The van der Waals surface area contributed by atoms with Crippen molar-refractivity contribution < 1.29 is 9.90 Å². The van der Waals surface area contributed by atoms with Crippen molar-refractivity contribution in [1.29, 1.82) is 0 Å². The number of rotatable bonds is 12. The number of aliphatic hydroxyl groups is 1. The van der Waals surface area contributed by atoms with Gasteiger partial charge in [-0.15, -0.1) is 0 Å². The lowest BCUT2D eigenvalue weighted by atomic mass is 9.72. The third-order valence-corrected chi connectivity index (χ3v) is 7.80. The third-order valence-electron chi connectivity index (χ3n) is 7.80. The van der Waals surface area contributed by atoms with Gasteiger partial charge in [0.15, 0.2) is 5.78 Å². The Hall–Kier alpha value is -2.75. The molecule has 1 aliphatic rings. The van der Waals surface area contributed by atoms with Crippen LogP contribution in [0.25, 0.3) is 0 Å². The number of carbonyl (C=O) groups is 1. The van der Waals surface area contributed by atoms with Gasteiger partial charge in [-0.25, -0.2) is 0 Å². The van der Waals surface area contributed by atoms with Crippen molar-refractivity contribution in [2.75, 3.05) is 19.6 Å². The van der Waals surface area contributed by atoms with E-state index in [0.717, 1.165) is 81.3 Å². The Labute approximate surface area is 217 Å². The van der Waals surface area contributed by atoms with Crippen LogP contribution in [0.5, 0.6) is 0 Å². The highest BCUT2D eigenvalue weighted by molar-refractivity contribution is 5.96. The van der Waals surface area contributed by atoms with Crippen LogP contribution in [0.1, 0.15) is 78.9 Å². The summed E-state index contributed by atoms with van der Waals surface area (Å²) in [6.45, 7) is 5.27. The zero-order chi connectivity index (χ0) is 25.2. The van der Waals surface area contributed by atoms with Crippen LogP contribution in [-0.4, -0.2) is 35.4 Å². The highest BCUT2D eigenvalue weighted by atomic mass is 16.3. The van der Waals surface area contributed by atoms with Crippen LogP contribution in [0.2, 0.25) is 0 Å². The lowest BCUT2D eigenvalue weighted by molar-refractivity contribution is -0.0143. The number of piperidine rings is 1. The second-order valence-electron chi connectivity index (χ2n) is 10.3. The van der Waals surface area contributed by atoms with Gasteiger partial charge in [-0.05, 0) is 74.3 Å². The van der Waals surface area contributed by atoms with Crippen molar-refractivity contribution in [3.05, 3.63) is 107 Å². The summed E-state index contributed by atoms with van der Waals surface area (Å²) in [5.74, 6) is 0.458. The topological polar surface area (TPSA) is 40.5 Å². The minimum atomic E-state index is -0.955. The molecule has 3 nitrogen and oxygen atoms in total. The summed E-state index contributed by atoms with van der Waals surface area (Å²) in [5.41, 5.74) is 3.17. The first-order chi connectivity index (χ1) is 17.6. The van der Waals surface area contributed by atoms with E-state index in [0.29, 0.717) is 6.42 Å². The Morgan fingerprint density at radius 1 is 0.833 bits per heavy atom. The van der Waals surface area contributed by atoms with Gasteiger partial charge in [-0.3, -0.25) is 4.79 Å². The number of hydrogen-bond acceptors (Lipinski definition) is 3. The Kier molecular flexibility index (Phi) is 9.49. The fraction of sp³-hybridized carbons (Fsp3) is 0.424. The van der Waals surface area contributed by atoms with Crippen molar-refractivity contribution in [2.45, 2.75) is 63.9 Å². The maximum atomic E-state index is 12.5. The molecule has 0 radical (unpaired) electrons. The molecule has 0 amide bonds. The van der Waals surface area contributed by atoms with Crippen LogP contribution in [0.4, 0.5) is 0 Å². The third kappa shape index (κ3) is 6.52. The summed E-state index contributed by atoms with van der Waals surface area (Å²) < 4.78 is 0. The van der Waals surface area contributed by atoms with Gasteiger partial charge in [0.1, 0.15) is 5.60 Å². The molecular formula is C33H41NO2. The molecule has 1 aliphatic heterocycles. The summed E-state index contributed by atoms with van der Waals surface area (Å²) in [5, 5.41) is 12.0. The predicted molar refractivity (Wildman–Crippen MR) is 148 cm³/mol. The first-order valence-corrected chi connectivity index (χ1v) is 13.8. The number of unbranched alkanes of at least 4 members (excludes halogenated alkanes) is 2. The number of ketones is 1. The molecule has 0 saturated carbocycles. The summed E-state index contributed by atoms with van der Waals surface area (Å²) in [7, 11) is 0. The summed E-state index contributed by atoms with van der Waals surface area (Å²) in [6.07, 6.45) is 7.95. The molecule has 4 rings (SSSR count). The number of Topliss-reactive ketones (excluding diaryl/α,β-unsaturated/α-hetero) is 1. The zero-order valence-corrected chi connectivity index (χ0v) is 21.7. The number of benzene rings is 3. The van der Waals surface area contributed by atoms with Crippen LogP contribution < -0.4 is 0 Å². The van der Waals surface area contributed by atoms with E-state index in [9.17, 15) is 9.90 Å². The molecule has 0 spiro atoms. The van der Waals surface area contributed by atoms with Gasteiger partial charge < -0.3 is 10.0 Å². The van der Waals surface area contributed by atoms with Crippen molar-refractivity contribution >= 4 is 5.78 Å². The molecule has 0 aliphatic carbocycles. The minimum absolute atomic E-state index is 0.194. The highest BCUT2D eigenvalue weighted by Crippen LogP contribution is 2.41. The molecule has 3 aromatic carbocycles. The van der Waals surface area contributed by atoms with Crippen LogP contribution in [-0.2, 0) is 12.0 Å². The molecule has 1 N–H and O–H groups in total. The molecular weight excluding hydrogens is 442 g/mol. The number of carbonyl (C=O) groups excluding carboxylic acids is 1. The molecule has 3 heteroatoms. The van der Waals surface area contributed by atoms with Gasteiger partial charge in [0.25, 0.3) is 0 Å². The molecule has 36 heavy (non-hydrogen) atoms. The van der Waals surface area contributed by atoms with Gasteiger partial charge >= 0.3 is 0 Å². The molecule has 1 heterocycles. The lowest BCUT2D eigenvalue weighted by Gasteiger charge is -2.42. The van der Waals surface area contributed by atoms with E-state index in [1.54, 1.807) is 0 Å². The van der Waals surface area contributed by atoms with E-state index < -0.39 is 5.60 Å². The normalized spacial score (nSPS) is 15.2. The van der Waals surface area contributed by atoms with Gasteiger partial charge in [-0.2, -0.15) is 0 Å². The highest BCUT2D eigenvalue weighted by Gasteiger charge is 2.41. The number of nitrogens with zero attached hydrogens (tertiary/aromatic N) is 1. The molecule has 1 saturated heterocycles. The molecule has 190 valence electrons. The average molecular weight is 484 g/mol. The SMILES string of the molecule is CCCc1ccc(C(=O)CCCCCN2CCC(C(O)(c3ccccc3)c3ccccc3)CC2)cc1. The van der Waals surface area contributed by atoms with E-state index in [4.69, 9.17) is 0 Å². The van der Waals surface area contributed by atoms with Crippen molar-refractivity contribution in [3.8, 4) is 0 Å². The van der Waals surface area contributed by atoms with E-state index in [2.05, 4.69) is 48.2 Å². The van der Waals surface area contributed by atoms with Gasteiger partial charge in [0.2, 0.25) is 0 Å². The second kappa shape index (κ2) is 13.0. The fourth-order valence-electron chi connectivity index (χ4n) is 5.68. The van der Waals surface area contributed by atoms with Crippen LogP contribution in [0.15, 0.2) is 84.9 Å². The average Bonchev–Trinajstić information content (AvgIpc) is 2.94. The van der Waals surface area contributed by atoms with Gasteiger partial charge in [-0.1, -0.05) is 105 Å². The predicted octanol–water partition coefficient (Wildman–Crippen LogP) is 7.03. The fourth-order valence-corrected chi connectivity index (χ4v) is 5.68. The number of aryl methyl sites for hydroxylation is 1. The second-order valence-corrected chi connectivity index (χ2v) is 10.3. The van der Waals surface area contributed by atoms with Crippen molar-refractivity contribution in [1.82, 2.24) is 4.90 Å². The Bertz CT molecular complexity index is 1010. The molecule has 0 bridgehead atoms. The van der Waals surface area contributed by atoms with Crippen LogP contribution in [0, 0.1) is 5.92 Å². The standard InChI is InChI=1S/C33H41NO2/c1-2-12-27-18-20-28(21-19-27)32(35)17-10-5-11-24-34-25-22-31(23-26-34)33(36,29-13-6-3-7-14-29)30-15-8-4-9-16-30/h3-4,6-9,13-16,18-21,31,36H,2,5,10-12,17,22-26H2,1H3. The number of hydrogen-bond donors (Lipinski definition) is 1. The summed E-state index contributed by atoms with van der Waals surface area (Å²) in [4.78, 5) is 15.0. The maximum Gasteiger partial charge on any atom is 0.162 e. The summed E-state index contributed by atoms with van der Waals surface area (Å²) >= 11 is 0. The zero-order valence-electron chi connectivity index (χ0n) is 21.7. The lowest BCUT2D eigenvalue weighted by Crippen LogP contribution is -2.44. The summed E-state index contributed by atoms with van der Waals surface area (Å²) in [6, 6.07) is 28.5. The molecule has 3 aromatic rings. The van der Waals surface area contributed by atoms with Gasteiger partial charge in [0.05, 0.1) is 0 Å². The first kappa shape index (κ1) is 26.3. The monoisotopic (exact) mass is 483 g/mol. The van der Waals surface area contributed by atoms with E-state index in [-0.39, 0.29) is 11.7 Å². The van der Waals surface area contributed by atoms with Crippen molar-refractivity contribution in [2.24, 2.45) is 5.92 Å².